The van der Waals surface area contributed by atoms with Crippen LogP contribution < -0.4 is 11.1 Å². The number of amides is 1. The first-order valence-corrected chi connectivity index (χ1v) is 8.45. The van der Waals surface area contributed by atoms with E-state index in [0.717, 1.165) is 38.0 Å². The van der Waals surface area contributed by atoms with Gasteiger partial charge in [-0.15, -0.1) is 0 Å². The molecule has 0 saturated carbocycles. The average molecular weight is 329 g/mol. The Kier molecular flexibility index (Phi) is 6.81. The molecular formula is C18H27N5O. The van der Waals surface area contributed by atoms with E-state index in [-0.39, 0.29) is 5.91 Å². The summed E-state index contributed by atoms with van der Waals surface area (Å²) in [5, 5.41) is 9.77. The van der Waals surface area contributed by atoms with Gasteiger partial charge in [0.05, 0.1) is 11.4 Å². The van der Waals surface area contributed by atoms with E-state index in [1.807, 2.05) is 18.2 Å². The van der Waals surface area contributed by atoms with Gasteiger partial charge in [-0.3, -0.25) is 9.89 Å². The normalized spacial score (nSPS) is 11.0. The van der Waals surface area contributed by atoms with Crippen molar-refractivity contribution in [2.45, 2.75) is 32.7 Å². The van der Waals surface area contributed by atoms with Gasteiger partial charge in [-0.2, -0.15) is 5.10 Å². The predicted molar refractivity (Wildman–Crippen MR) is 96.7 cm³/mol. The fourth-order valence-corrected chi connectivity index (χ4v) is 2.61. The Morgan fingerprint density at radius 1 is 1.33 bits per heavy atom. The second-order valence-electron chi connectivity index (χ2n) is 6.05. The molecule has 1 heterocycles. The predicted octanol–water partition coefficient (Wildman–Crippen LogP) is 2.20. The summed E-state index contributed by atoms with van der Waals surface area (Å²) in [5.74, 6) is -0.211. The summed E-state index contributed by atoms with van der Waals surface area (Å²) in [5.41, 5.74) is 8.86. The summed E-state index contributed by atoms with van der Waals surface area (Å²) in [6.45, 7) is 4.48. The lowest BCUT2D eigenvalue weighted by Crippen LogP contribution is -2.28. The number of aromatic nitrogens is 2. The van der Waals surface area contributed by atoms with E-state index in [9.17, 15) is 4.79 Å². The molecule has 0 atom stereocenters. The zero-order valence-electron chi connectivity index (χ0n) is 14.5. The van der Waals surface area contributed by atoms with Crippen LogP contribution in [-0.2, 0) is 13.0 Å². The first kappa shape index (κ1) is 18.0. The number of nitrogens with zero attached hydrogens (tertiary/aromatic N) is 2. The van der Waals surface area contributed by atoms with Crippen LogP contribution in [0.5, 0.6) is 0 Å². The van der Waals surface area contributed by atoms with Gasteiger partial charge < -0.3 is 16.0 Å². The standard InChI is InChI=1S/C18H27N5O/c1-3-8-15-16(19)17(22-21-15)18(24)20-11-7-12-23(2)13-14-9-5-4-6-10-14/h4-6,9-10H,3,7-8,11-13,19H2,1-2H3,(H,20,24)(H,21,22). The Labute approximate surface area is 143 Å². The number of benzene rings is 1. The number of aromatic amines is 1. The molecule has 0 unspecified atom stereocenters. The van der Waals surface area contributed by atoms with Crippen molar-refractivity contribution < 1.29 is 4.79 Å². The summed E-state index contributed by atoms with van der Waals surface area (Å²) in [6.07, 6.45) is 2.64. The molecule has 0 aliphatic heterocycles. The van der Waals surface area contributed by atoms with Crippen LogP contribution in [0.15, 0.2) is 30.3 Å². The molecule has 4 N–H and O–H groups in total. The maximum atomic E-state index is 12.1. The molecule has 6 nitrogen and oxygen atoms in total. The first-order valence-electron chi connectivity index (χ1n) is 8.45. The number of H-pyrrole nitrogens is 1. The molecule has 0 bridgehead atoms. The summed E-state index contributed by atoms with van der Waals surface area (Å²) < 4.78 is 0. The van der Waals surface area contributed by atoms with Crippen molar-refractivity contribution in [3.05, 3.63) is 47.3 Å². The molecule has 2 rings (SSSR count). The second kappa shape index (κ2) is 9.08. The number of hydrogen-bond acceptors (Lipinski definition) is 4. The first-order chi connectivity index (χ1) is 11.6. The molecule has 0 saturated heterocycles. The molecular weight excluding hydrogens is 302 g/mol. The van der Waals surface area contributed by atoms with Gasteiger partial charge >= 0.3 is 0 Å². The fourth-order valence-electron chi connectivity index (χ4n) is 2.61. The molecule has 0 fully saturated rings. The molecule has 0 aliphatic rings. The number of nitrogen functional groups attached to an aromatic ring is 1. The van der Waals surface area contributed by atoms with Crippen molar-refractivity contribution in [3.63, 3.8) is 0 Å². The zero-order chi connectivity index (χ0) is 17.4. The van der Waals surface area contributed by atoms with Crippen LogP contribution in [-0.4, -0.2) is 41.1 Å². The summed E-state index contributed by atoms with van der Waals surface area (Å²) in [4.78, 5) is 14.4. The third-order valence-electron chi connectivity index (χ3n) is 3.90. The van der Waals surface area contributed by atoms with E-state index in [0.29, 0.717) is 17.9 Å². The van der Waals surface area contributed by atoms with Crippen LogP contribution in [0.3, 0.4) is 0 Å². The van der Waals surface area contributed by atoms with Gasteiger partial charge in [0.2, 0.25) is 0 Å². The SMILES string of the molecule is CCCc1[nH]nc(C(=O)NCCCN(C)Cc2ccccc2)c1N. The number of nitrogens with two attached hydrogens (primary N) is 1. The summed E-state index contributed by atoms with van der Waals surface area (Å²) >= 11 is 0. The Morgan fingerprint density at radius 3 is 2.79 bits per heavy atom. The quantitative estimate of drug-likeness (QED) is 0.616. The van der Waals surface area contributed by atoms with Crippen LogP contribution >= 0.6 is 0 Å². The number of carbonyl (C=O) groups excluding carboxylic acids is 1. The molecule has 24 heavy (non-hydrogen) atoms. The third kappa shape index (κ3) is 5.09. The molecule has 130 valence electrons. The lowest BCUT2D eigenvalue weighted by atomic mass is 10.2. The lowest BCUT2D eigenvalue weighted by Gasteiger charge is -2.16. The van der Waals surface area contributed by atoms with Gasteiger partial charge in [0, 0.05) is 13.1 Å². The number of rotatable bonds is 9. The minimum absolute atomic E-state index is 0.211. The highest BCUT2D eigenvalue weighted by Gasteiger charge is 2.16. The number of nitrogens with one attached hydrogen (secondary N) is 2. The van der Waals surface area contributed by atoms with Crippen molar-refractivity contribution in [2.24, 2.45) is 0 Å². The van der Waals surface area contributed by atoms with E-state index >= 15 is 0 Å². The van der Waals surface area contributed by atoms with Crippen LogP contribution in [0, 0.1) is 0 Å². The van der Waals surface area contributed by atoms with Crippen molar-refractivity contribution in [1.82, 2.24) is 20.4 Å². The number of carbonyl (C=O) groups is 1. The van der Waals surface area contributed by atoms with Crippen molar-refractivity contribution in [1.29, 1.82) is 0 Å². The highest BCUT2D eigenvalue weighted by atomic mass is 16.1. The number of hydrogen-bond donors (Lipinski definition) is 3. The minimum Gasteiger partial charge on any atom is -0.395 e. The van der Waals surface area contributed by atoms with Crippen molar-refractivity contribution in [2.75, 3.05) is 25.9 Å². The monoisotopic (exact) mass is 329 g/mol. The zero-order valence-corrected chi connectivity index (χ0v) is 14.5. The molecule has 1 aromatic carbocycles. The minimum atomic E-state index is -0.211. The van der Waals surface area contributed by atoms with Crippen LogP contribution in [0.4, 0.5) is 5.69 Å². The number of anilines is 1. The highest BCUT2D eigenvalue weighted by Crippen LogP contribution is 2.15. The van der Waals surface area contributed by atoms with Gasteiger partial charge in [0.1, 0.15) is 0 Å². The van der Waals surface area contributed by atoms with E-state index in [2.05, 4.69) is 46.5 Å². The van der Waals surface area contributed by atoms with Gasteiger partial charge in [0.15, 0.2) is 5.69 Å². The van der Waals surface area contributed by atoms with Gasteiger partial charge in [0.25, 0.3) is 5.91 Å². The van der Waals surface area contributed by atoms with E-state index in [4.69, 9.17) is 5.73 Å². The summed E-state index contributed by atoms with van der Waals surface area (Å²) in [7, 11) is 2.08. The molecule has 2 aromatic rings. The third-order valence-corrected chi connectivity index (χ3v) is 3.90. The van der Waals surface area contributed by atoms with E-state index in [1.54, 1.807) is 0 Å². The lowest BCUT2D eigenvalue weighted by molar-refractivity contribution is 0.0947. The largest absolute Gasteiger partial charge is 0.395 e. The van der Waals surface area contributed by atoms with Gasteiger partial charge in [-0.25, -0.2) is 0 Å². The Balaban J connectivity index is 1.71. The molecule has 1 aromatic heterocycles. The van der Waals surface area contributed by atoms with Crippen molar-refractivity contribution in [3.8, 4) is 0 Å². The van der Waals surface area contributed by atoms with E-state index in [1.165, 1.54) is 5.56 Å². The van der Waals surface area contributed by atoms with Gasteiger partial charge in [-0.05, 0) is 32.0 Å². The maximum Gasteiger partial charge on any atom is 0.273 e. The van der Waals surface area contributed by atoms with Crippen LogP contribution in [0.2, 0.25) is 0 Å². The molecule has 0 aliphatic carbocycles. The topological polar surface area (TPSA) is 87.0 Å². The Hall–Kier alpha value is -2.34. The molecule has 0 radical (unpaired) electrons. The summed E-state index contributed by atoms with van der Waals surface area (Å²) in [6, 6.07) is 10.3. The average Bonchev–Trinajstić information content (AvgIpc) is 2.94. The van der Waals surface area contributed by atoms with Crippen LogP contribution in [0.25, 0.3) is 0 Å². The van der Waals surface area contributed by atoms with Crippen molar-refractivity contribution >= 4 is 11.6 Å². The van der Waals surface area contributed by atoms with Crippen LogP contribution in [0.1, 0.15) is 41.5 Å². The Bertz CT molecular complexity index is 638. The smallest absolute Gasteiger partial charge is 0.273 e. The maximum absolute atomic E-state index is 12.1. The fraction of sp³-hybridized carbons (Fsp3) is 0.444. The van der Waals surface area contributed by atoms with Gasteiger partial charge in [-0.1, -0.05) is 43.7 Å². The second-order valence-corrected chi connectivity index (χ2v) is 6.05. The number of aryl methyl sites for hydroxylation is 1. The van der Waals surface area contributed by atoms with E-state index < -0.39 is 0 Å². The molecule has 0 spiro atoms. The molecule has 6 heteroatoms. The molecule has 1 amide bonds. The highest BCUT2D eigenvalue weighted by molar-refractivity contribution is 5.97. The Morgan fingerprint density at radius 2 is 2.08 bits per heavy atom.